The van der Waals surface area contributed by atoms with Crippen LogP contribution in [0.3, 0.4) is 0 Å². The maximum Gasteiger partial charge on any atom is 0.151 e. The molecule has 1 aromatic heterocycles. The van der Waals surface area contributed by atoms with Crippen molar-refractivity contribution in [1.29, 1.82) is 5.26 Å². The van der Waals surface area contributed by atoms with Gasteiger partial charge in [-0.25, -0.2) is 13.4 Å². The fraction of sp³-hybridized carbons (Fsp3) is 0.250. The molecule has 4 nitrogen and oxygen atoms in total. The van der Waals surface area contributed by atoms with Crippen LogP contribution in [0.5, 0.6) is 0 Å². The van der Waals surface area contributed by atoms with Crippen LogP contribution in [-0.2, 0) is 9.84 Å². The van der Waals surface area contributed by atoms with Crippen LogP contribution in [0.2, 0.25) is 0 Å². The average Bonchev–Trinajstić information content (AvgIpc) is 2.87. The van der Waals surface area contributed by atoms with Gasteiger partial charge in [-0.1, -0.05) is 30.3 Å². The number of rotatable bonds is 3. The normalized spacial score (nSPS) is 19.7. The van der Waals surface area contributed by atoms with E-state index < -0.39 is 9.84 Å². The minimum absolute atomic E-state index is 0.0179. The summed E-state index contributed by atoms with van der Waals surface area (Å²) in [5.41, 5.74) is 2.27. The third kappa shape index (κ3) is 3.32. The Morgan fingerprint density at radius 3 is 2.59 bits per heavy atom. The van der Waals surface area contributed by atoms with Crippen LogP contribution in [0.25, 0.3) is 11.3 Å². The van der Waals surface area contributed by atoms with Gasteiger partial charge in [-0.2, -0.15) is 5.26 Å². The summed E-state index contributed by atoms with van der Waals surface area (Å²) in [4.78, 5) is 4.57. The van der Waals surface area contributed by atoms with E-state index >= 15 is 0 Å². The van der Waals surface area contributed by atoms with Crippen molar-refractivity contribution in [2.45, 2.75) is 16.7 Å². The summed E-state index contributed by atoms with van der Waals surface area (Å²) in [5, 5.41) is 9.83. The van der Waals surface area contributed by atoms with Crippen LogP contribution in [0.1, 0.15) is 12.0 Å². The molecule has 0 N–H and O–H groups in total. The third-order valence-corrected chi connectivity index (χ3v) is 6.77. The highest BCUT2D eigenvalue weighted by molar-refractivity contribution is 8.01. The number of nitriles is 1. The Hall–Kier alpha value is -1.84. The molecule has 3 rings (SSSR count). The second kappa shape index (κ2) is 6.11. The fourth-order valence-electron chi connectivity index (χ4n) is 2.40. The molecule has 0 spiro atoms. The predicted molar refractivity (Wildman–Crippen MR) is 87.3 cm³/mol. The first-order valence-electron chi connectivity index (χ1n) is 6.91. The number of aromatic nitrogens is 1. The number of thioether (sulfide) groups is 1. The molecule has 0 aliphatic carbocycles. The zero-order chi connectivity index (χ0) is 15.6. The number of hydrogen-bond donors (Lipinski definition) is 0. The number of sulfone groups is 1. The molecular formula is C16H14N2O2S2. The maximum atomic E-state index is 11.6. The largest absolute Gasteiger partial charge is 0.240 e. The van der Waals surface area contributed by atoms with Gasteiger partial charge in [-0.05, 0) is 18.6 Å². The van der Waals surface area contributed by atoms with E-state index in [9.17, 15) is 13.7 Å². The lowest BCUT2D eigenvalue weighted by Gasteiger charge is -2.10. The summed E-state index contributed by atoms with van der Waals surface area (Å²) in [6, 6.07) is 15.4. The van der Waals surface area contributed by atoms with Gasteiger partial charge in [-0.15, -0.1) is 11.8 Å². The van der Waals surface area contributed by atoms with Gasteiger partial charge in [0.1, 0.15) is 11.1 Å². The Morgan fingerprint density at radius 2 is 1.95 bits per heavy atom. The fourth-order valence-corrected chi connectivity index (χ4v) is 5.93. The predicted octanol–water partition coefficient (Wildman–Crippen LogP) is 2.90. The van der Waals surface area contributed by atoms with E-state index in [0.29, 0.717) is 17.0 Å². The monoisotopic (exact) mass is 330 g/mol. The van der Waals surface area contributed by atoms with Crippen molar-refractivity contribution < 1.29 is 8.42 Å². The van der Waals surface area contributed by atoms with Gasteiger partial charge in [-0.3, -0.25) is 0 Å². The smallest absolute Gasteiger partial charge is 0.151 e. The van der Waals surface area contributed by atoms with E-state index in [1.165, 1.54) is 11.8 Å². The van der Waals surface area contributed by atoms with E-state index in [4.69, 9.17) is 0 Å². The molecule has 1 saturated heterocycles. The summed E-state index contributed by atoms with van der Waals surface area (Å²) in [6.45, 7) is 0. The summed E-state index contributed by atoms with van der Waals surface area (Å²) in [7, 11) is -2.93. The molecule has 1 aromatic carbocycles. The summed E-state index contributed by atoms with van der Waals surface area (Å²) in [6.07, 6.45) is 0.620. The lowest BCUT2D eigenvalue weighted by molar-refractivity contribution is 0.602. The average molecular weight is 330 g/mol. The first-order valence-corrected chi connectivity index (χ1v) is 9.61. The number of hydrogen-bond acceptors (Lipinski definition) is 5. The molecule has 2 aromatic rings. The zero-order valence-electron chi connectivity index (χ0n) is 11.8. The molecule has 0 bridgehead atoms. The molecule has 1 fully saturated rings. The summed E-state index contributed by atoms with van der Waals surface area (Å²) < 4.78 is 23.2. The Bertz CT molecular complexity index is 827. The van der Waals surface area contributed by atoms with Gasteiger partial charge >= 0.3 is 0 Å². The number of nitrogens with zero attached hydrogens (tertiary/aromatic N) is 2. The van der Waals surface area contributed by atoms with Crippen molar-refractivity contribution in [2.75, 3.05) is 11.5 Å². The molecule has 0 saturated carbocycles. The molecule has 1 atom stereocenters. The minimum atomic E-state index is -2.93. The molecule has 6 heteroatoms. The van der Waals surface area contributed by atoms with Crippen molar-refractivity contribution in [2.24, 2.45) is 0 Å². The van der Waals surface area contributed by atoms with E-state index in [2.05, 4.69) is 11.1 Å². The standard InChI is InChI=1S/C16H14N2O2S2/c17-10-13-6-7-15(12-4-2-1-3-5-12)18-16(13)21-14-8-9-22(19,20)11-14/h1-7,14H,8-9,11H2/t14-/m0/s1. The highest BCUT2D eigenvalue weighted by Crippen LogP contribution is 2.33. The van der Waals surface area contributed by atoms with Gasteiger partial charge in [0.2, 0.25) is 0 Å². The van der Waals surface area contributed by atoms with Crippen molar-refractivity contribution >= 4 is 21.6 Å². The quantitative estimate of drug-likeness (QED) is 0.865. The van der Waals surface area contributed by atoms with Crippen molar-refractivity contribution in [3.8, 4) is 17.3 Å². The second-order valence-corrected chi connectivity index (χ2v) is 8.69. The van der Waals surface area contributed by atoms with Gasteiger partial charge in [0.15, 0.2) is 9.84 Å². The van der Waals surface area contributed by atoms with E-state index in [0.717, 1.165) is 11.3 Å². The van der Waals surface area contributed by atoms with Crippen LogP contribution < -0.4 is 0 Å². The molecular weight excluding hydrogens is 316 g/mol. The Labute approximate surface area is 134 Å². The van der Waals surface area contributed by atoms with Crippen molar-refractivity contribution in [3.63, 3.8) is 0 Å². The van der Waals surface area contributed by atoms with Gasteiger partial charge in [0.05, 0.1) is 22.8 Å². The Kier molecular flexibility index (Phi) is 4.19. The molecule has 0 radical (unpaired) electrons. The SMILES string of the molecule is N#Cc1ccc(-c2ccccc2)nc1S[C@H]1CCS(=O)(=O)C1. The zero-order valence-corrected chi connectivity index (χ0v) is 13.4. The topological polar surface area (TPSA) is 70.8 Å². The van der Waals surface area contributed by atoms with Crippen LogP contribution in [0.4, 0.5) is 0 Å². The molecule has 2 heterocycles. The lowest BCUT2D eigenvalue weighted by atomic mass is 10.1. The molecule has 1 aliphatic heterocycles. The third-order valence-electron chi connectivity index (χ3n) is 3.52. The minimum Gasteiger partial charge on any atom is -0.240 e. The first kappa shape index (κ1) is 15.1. The lowest BCUT2D eigenvalue weighted by Crippen LogP contribution is -2.07. The van der Waals surface area contributed by atoms with Crippen LogP contribution in [-0.4, -0.2) is 30.2 Å². The highest BCUT2D eigenvalue weighted by atomic mass is 32.2. The molecule has 0 amide bonds. The molecule has 22 heavy (non-hydrogen) atoms. The Balaban J connectivity index is 1.91. The van der Waals surface area contributed by atoms with Gasteiger partial charge in [0.25, 0.3) is 0 Å². The van der Waals surface area contributed by atoms with Crippen LogP contribution in [0.15, 0.2) is 47.5 Å². The number of pyridine rings is 1. The Morgan fingerprint density at radius 1 is 1.18 bits per heavy atom. The second-order valence-electron chi connectivity index (χ2n) is 5.17. The van der Waals surface area contributed by atoms with Crippen LogP contribution in [0, 0.1) is 11.3 Å². The van der Waals surface area contributed by atoms with Crippen molar-refractivity contribution in [3.05, 3.63) is 48.0 Å². The van der Waals surface area contributed by atoms with E-state index in [1.807, 2.05) is 36.4 Å². The van der Waals surface area contributed by atoms with Gasteiger partial charge in [0, 0.05) is 10.8 Å². The maximum absolute atomic E-state index is 11.6. The van der Waals surface area contributed by atoms with Crippen molar-refractivity contribution in [1.82, 2.24) is 4.98 Å². The number of benzene rings is 1. The van der Waals surface area contributed by atoms with E-state index in [1.54, 1.807) is 6.07 Å². The first-order chi connectivity index (χ1) is 10.6. The van der Waals surface area contributed by atoms with E-state index in [-0.39, 0.29) is 16.8 Å². The molecule has 1 aliphatic rings. The molecule has 112 valence electrons. The highest BCUT2D eigenvalue weighted by Gasteiger charge is 2.29. The summed E-state index contributed by atoms with van der Waals surface area (Å²) >= 11 is 1.40. The molecule has 0 unspecified atom stereocenters. The summed E-state index contributed by atoms with van der Waals surface area (Å²) in [5.74, 6) is 0.394. The van der Waals surface area contributed by atoms with Gasteiger partial charge < -0.3 is 0 Å². The van der Waals surface area contributed by atoms with Crippen LogP contribution >= 0.6 is 11.8 Å².